The van der Waals surface area contributed by atoms with Crippen LogP contribution in [0.25, 0.3) is 5.69 Å². The molecule has 1 N–H and O–H groups in total. The highest BCUT2D eigenvalue weighted by molar-refractivity contribution is 7.88. The van der Waals surface area contributed by atoms with Gasteiger partial charge in [-0.05, 0) is 44.0 Å². The van der Waals surface area contributed by atoms with Crippen LogP contribution in [0.1, 0.15) is 24.1 Å². The molecule has 0 saturated carbocycles. The topological polar surface area (TPSA) is 93.4 Å². The smallest absolute Gasteiger partial charge is 0.295 e. The van der Waals surface area contributed by atoms with Crippen molar-refractivity contribution in [3.63, 3.8) is 0 Å². The SMILES string of the molecule is Cc1c(NC(=O)C2CCN(S(=O)(=O)Cc3c(Cl)cccc3Cl)CC2)c(=O)n(-c2ccccc2)n1C. The molecular formula is C24H26Cl2N4O4S. The minimum Gasteiger partial charge on any atom is -0.320 e. The molecule has 1 aliphatic heterocycles. The van der Waals surface area contributed by atoms with Crippen molar-refractivity contribution >= 4 is 44.8 Å². The number of aromatic nitrogens is 2. The molecule has 1 aliphatic rings. The van der Waals surface area contributed by atoms with E-state index in [2.05, 4.69) is 5.32 Å². The summed E-state index contributed by atoms with van der Waals surface area (Å²) in [6, 6.07) is 14.0. The zero-order chi connectivity index (χ0) is 25.3. The molecule has 186 valence electrons. The Morgan fingerprint density at radius 3 is 2.23 bits per heavy atom. The van der Waals surface area contributed by atoms with Crippen molar-refractivity contribution in [2.45, 2.75) is 25.5 Å². The predicted octanol–water partition coefficient (Wildman–Crippen LogP) is 3.97. The van der Waals surface area contributed by atoms with E-state index in [0.717, 1.165) is 0 Å². The van der Waals surface area contributed by atoms with Crippen molar-refractivity contribution in [3.8, 4) is 5.69 Å². The van der Waals surface area contributed by atoms with Gasteiger partial charge in [0.2, 0.25) is 15.9 Å². The number of sulfonamides is 1. The highest BCUT2D eigenvalue weighted by atomic mass is 35.5. The third-order valence-electron chi connectivity index (χ3n) is 6.41. The molecule has 0 atom stereocenters. The summed E-state index contributed by atoms with van der Waals surface area (Å²) in [5.74, 6) is -0.998. The molecule has 0 spiro atoms. The van der Waals surface area contributed by atoms with Crippen LogP contribution in [-0.4, -0.2) is 41.1 Å². The first-order valence-electron chi connectivity index (χ1n) is 11.2. The number of amides is 1. The first kappa shape index (κ1) is 25.5. The molecule has 35 heavy (non-hydrogen) atoms. The predicted molar refractivity (Wildman–Crippen MR) is 138 cm³/mol. The molecule has 1 aromatic heterocycles. The van der Waals surface area contributed by atoms with Gasteiger partial charge in [-0.15, -0.1) is 0 Å². The standard InChI is InChI=1S/C24H26Cl2N4O4S/c1-16-22(24(32)30(28(16)2)18-7-4-3-5-8-18)27-23(31)17-11-13-29(14-12-17)35(33,34)15-19-20(25)9-6-10-21(19)26/h3-10,17H,11-15H2,1-2H3,(H,27,31). The number of hydrogen-bond donors (Lipinski definition) is 1. The maximum Gasteiger partial charge on any atom is 0.295 e. The van der Waals surface area contributed by atoms with Gasteiger partial charge >= 0.3 is 0 Å². The van der Waals surface area contributed by atoms with Gasteiger partial charge in [-0.1, -0.05) is 47.5 Å². The van der Waals surface area contributed by atoms with Gasteiger partial charge in [0, 0.05) is 41.7 Å². The Bertz CT molecular complexity index is 1390. The lowest BCUT2D eigenvalue weighted by Crippen LogP contribution is -2.42. The molecule has 0 radical (unpaired) electrons. The zero-order valence-corrected chi connectivity index (χ0v) is 21.7. The fourth-order valence-corrected chi connectivity index (χ4v) is 6.59. The van der Waals surface area contributed by atoms with E-state index < -0.39 is 15.9 Å². The normalized spacial score (nSPS) is 15.3. The monoisotopic (exact) mass is 536 g/mol. The second-order valence-corrected chi connectivity index (χ2v) is 11.3. The van der Waals surface area contributed by atoms with Crippen LogP contribution in [0.15, 0.2) is 53.3 Å². The average Bonchev–Trinajstić information content (AvgIpc) is 3.05. The first-order chi connectivity index (χ1) is 16.6. The summed E-state index contributed by atoms with van der Waals surface area (Å²) in [5, 5.41) is 3.39. The Labute approximate surface area is 214 Å². The van der Waals surface area contributed by atoms with Gasteiger partial charge in [0.1, 0.15) is 5.69 Å². The second kappa shape index (κ2) is 10.2. The molecule has 11 heteroatoms. The van der Waals surface area contributed by atoms with Crippen molar-refractivity contribution in [1.29, 1.82) is 0 Å². The zero-order valence-electron chi connectivity index (χ0n) is 19.4. The van der Waals surface area contributed by atoms with Gasteiger partial charge in [0.25, 0.3) is 5.56 Å². The summed E-state index contributed by atoms with van der Waals surface area (Å²) in [7, 11) is -1.90. The quantitative estimate of drug-likeness (QED) is 0.515. The van der Waals surface area contributed by atoms with E-state index in [9.17, 15) is 18.0 Å². The third kappa shape index (κ3) is 5.18. The molecule has 0 bridgehead atoms. The Hall–Kier alpha value is -2.59. The van der Waals surface area contributed by atoms with Gasteiger partial charge in [-0.3, -0.25) is 14.3 Å². The largest absolute Gasteiger partial charge is 0.320 e. The number of para-hydroxylation sites is 1. The van der Waals surface area contributed by atoms with Crippen molar-refractivity contribution in [2.75, 3.05) is 18.4 Å². The average molecular weight is 537 g/mol. The van der Waals surface area contributed by atoms with Gasteiger partial charge in [-0.2, -0.15) is 0 Å². The van der Waals surface area contributed by atoms with E-state index in [1.54, 1.807) is 36.9 Å². The number of piperidine rings is 1. The van der Waals surface area contributed by atoms with E-state index in [4.69, 9.17) is 23.2 Å². The van der Waals surface area contributed by atoms with Crippen LogP contribution in [0, 0.1) is 12.8 Å². The van der Waals surface area contributed by atoms with Crippen molar-refractivity contribution in [2.24, 2.45) is 13.0 Å². The molecule has 8 nitrogen and oxygen atoms in total. The van der Waals surface area contributed by atoms with Crippen molar-refractivity contribution in [3.05, 3.63) is 80.2 Å². The van der Waals surface area contributed by atoms with E-state index in [1.165, 1.54) is 8.99 Å². The van der Waals surface area contributed by atoms with Crippen LogP contribution in [0.4, 0.5) is 5.69 Å². The molecule has 1 saturated heterocycles. The lowest BCUT2D eigenvalue weighted by molar-refractivity contribution is -0.120. The minimum absolute atomic E-state index is 0.199. The Balaban J connectivity index is 1.44. The molecule has 0 aliphatic carbocycles. The van der Waals surface area contributed by atoms with Crippen LogP contribution in [0.5, 0.6) is 0 Å². The number of anilines is 1. The molecule has 2 aromatic carbocycles. The first-order valence-corrected chi connectivity index (χ1v) is 13.5. The van der Waals surface area contributed by atoms with Gasteiger partial charge in [0.05, 0.1) is 17.1 Å². The Morgan fingerprint density at radius 2 is 1.63 bits per heavy atom. The summed E-state index contributed by atoms with van der Waals surface area (Å²) in [6.07, 6.45) is 0.695. The van der Waals surface area contributed by atoms with E-state index >= 15 is 0 Å². The number of carbonyl (C=O) groups is 1. The fourth-order valence-electron chi connectivity index (χ4n) is 4.28. The van der Waals surface area contributed by atoms with Crippen LogP contribution in [0.3, 0.4) is 0 Å². The van der Waals surface area contributed by atoms with Gasteiger partial charge in [0.15, 0.2) is 0 Å². The molecule has 4 rings (SSSR count). The number of benzene rings is 2. The van der Waals surface area contributed by atoms with E-state index in [1.807, 2.05) is 30.3 Å². The summed E-state index contributed by atoms with van der Waals surface area (Å²) in [4.78, 5) is 26.1. The van der Waals surface area contributed by atoms with E-state index in [-0.39, 0.29) is 36.0 Å². The maximum atomic E-state index is 13.1. The highest BCUT2D eigenvalue weighted by Gasteiger charge is 2.32. The summed E-state index contributed by atoms with van der Waals surface area (Å²) < 4.78 is 30.5. The van der Waals surface area contributed by atoms with Crippen molar-refractivity contribution in [1.82, 2.24) is 13.7 Å². The lowest BCUT2D eigenvalue weighted by atomic mass is 9.97. The van der Waals surface area contributed by atoms with Gasteiger partial charge in [-0.25, -0.2) is 17.4 Å². The number of nitrogens with one attached hydrogen (secondary N) is 1. The number of rotatable bonds is 6. The Kier molecular flexibility index (Phi) is 7.42. The summed E-state index contributed by atoms with van der Waals surface area (Å²) in [6.45, 7) is 2.17. The molecule has 1 fully saturated rings. The third-order valence-corrected chi connectivity index (χ3v) is 8.92. The van der Waals surface area contributed by atoms with Crippen molar-refractivity contribution < 1.29 is 13.2 Å². The molecule has 3 aromatic rings. The second-order valence-electron chi connectivity index (χ2n) is 8.56. The number of nitrogens with zero attached hydrogens (tertiary/aromatic N) is 3. The summed E-state index contributed by atoms with van der Waals surface area (Å²) >= 11 is 12.3. The Morgan fingerprint density at radius 1 is 1.03 bits per heavy atom. The molecule has 0 unspecified atom stereocenters. The number of hydrogen-bond acceptors (Lipinski definition) is 4. The lowest BCUT2D eigenvalue weighted by Gasteiger charge is -2.30. The number of halogens is 2. The van der Waals surface area contributed by atoms with Crippen LogP contribution in [0.2, 0.25) is 10.0 Å². The maximum absolute atomic E-state index is 13.1. The summed E-state index contributed by atoms with van der Waals surface area (Å²) in [5.41, 5.74) is 1.60. The van der Waals surface area contributed by atoms with Crippen LogP contribution >= 0.6 is 23.2 Å². The van der Waals surface area contributed by atoms with Crippen LogP contribution < -0.4 is 10.9 Å². The number of carbonyl (C=O) groups excluding carboxylic acids is 1. The molecule has 1 amide bonds. The van der Waals surface area contributed by atoms with Crippen LogP contribution in [-0.2, 0) is 27.6 Å². The molecule has 2 heterocycles. The van der Waals surface area contributed by atoms with Gasteiger partial charge < -0.3 is 5.32 Å². The minimum atomic E-state index is -3.66. The molecular weight excluding hydrogens is 511 g/mol. The van der Waals surface area contributed by atoms with E-state index in [0.29, 0.717) is 39.8 Å². The highest BCUT2D eigenvalue weighted by Crippen LogP contribution is 2.29. The fraction of sp³-hybridized carbons (Fsp3) is 0.333.